The van der Waals surface area contributed by atoms with Crippen LogP contribution in [-0.4, -0.2) is 25.5 Å². The number of rotatable bonds is 0. The third-order valence-electron chi connectivity index (χ3n) is 2.52. The van der Waals surface area contributed by atoms with Gasteiger partial charge in [-0.2, -0.15) is 0 Å². The topological polar surface area (TPSA) is 21.6 Å². The van der Waals surface area contributed by atoms with E-state index in [-0.39, 0.29) is 0 Å². The van der Waals surface area contributed by atoms with Crippen molar-refractivity contribution in [2.24, 2.45) is 16.8 Å². The summed E-state index contributed by atoms with van der Waals surface area (Å²) >= 11 is 0. The summed E-state index contributed by atoms with van der Waals surface area (Å²) in [6, 6.07) is 0. The van der Waals surface area contributed by atoms with Crippen LogP contribution in [0.4, 0.5) is 0 Å². The van der Waals surface area contributed by atoms with Gasteiger partial charge in [-0.25, -0.2) is 0 Å². The molecular formula is C10H15NO. The Morgan fingerprint density at radius 1 is 1.58 bits per heavy atom. The minimum Gasteiger partial charge on any atom is -0.379 e. The molecule has 1 aliphatic heterocycles. The van der Waals surface area contributed by atoms with E-state index in [0.717, 1.165) is 19.8 Å². The lowest BCUT2D eigenvalue weighted by molar-refractivity contribution is 0.125. The Balaban J connectivity index is 2.16. The molecule has 0 aromatic rings. The highest BCUT2D eigenvalue weighted by Gasteiger charge is 2.21. The number of aliphatic imine (C=N–C) groups is 1. The van der Waals surface area contributed by atoms with Crippen LogP contribution in [0.2, 0.25) is 0 Å². The second-order valence-corrected chi connectivity index (χ2v) is 3.65. The molecule has 0 spiro atoms. The van der Waals surface area contributed by atoms with Gasteiger partial charge >= 0.3 is 0 Å². The Kier molecular flexibility index (Phi) is 2.26. The van der Waals surface area contributed by atoms with Crippen molar-refractivity contribution in [1.82, 2.24) is 0 Å². The number of fused-ring (bicyclic) bond motifs is 1. The summed E-state index contributed by atoms with van der Waals surface area (Å²) in [6.07, 6.45) is 5.63. The van der Waals surface area contributed by atoms with Gasteiger partial charge in [0.25, 0.3) is 0 Å². The Morgan fingerprint density at radius 3 is 3.42 bits per heavy atom. The first-order valence-electron chi connectivity index (χ1n) is 4.66. The second-order valence-electron chi connectivity index (χ2n) is 3.65. The molecule has 0 amide bonds. The maximum Gasteiger partial charge on any atom is 0.0662 e. The lowest BCUT2D eigenvalue weighted by Crippen LogP contribution is -2.22. The largest absolute Gasteiger partial charge is 0.379 e. The summed E-state index contributed by atoms with van der Waals surface area (Å²) < 4.78 is 5.46. The van der Waals surface area contributed by atoms with Crippen molar-refractivity contribution in [3.05, 3.63) is 12.2 Å². The van der Waals surface area contributed by atoms with Crippen molar-refractivity contribution in [1.29, 1.82) is 0 Å². The summed E-state index contributed by atoms with van der Waals surface area (Å²) in [4.78, 5) is 4.48. The normalized spacial score (nSPS) is 35.2. The predicted molar refractivity (Wildman–Crippen MR) is 49.5 cm³/mol. The summed E-state index contributed by atoms with van der Waals surface area (Å²) in [6.45, 7) is 4.75. The lowest BCUT2D eigenvalue weighted by Gasteiger charge is -2.21. The van der Waals surface area contributed by atoms with E-state index in [2.05, 4.69) is 24.1 Å². The molecule has 1 heterocycles. The maximum atomic E-state index is 5.46. The molecule has 2 unspecified atom stereocenters. The van der Waals surface area contributed by atoms with Crippen LogP contribution in [0.15, 0.2) is 17.1 Å². The third kappa shape index (κ3) is 1.58. The zero-order chi connectivity index (χ0) is 8.39. The standard InChI is InChI=1S/C10H15NO/c1-8-2-3-10-9(6-8)7-12-5-4-11-10/h2-3,8-9H,4-7H2,1H3. The molecule has 2 aliphatic rings. The Labute approximate surface area is 73.3 Å². The highest BCUT2D eigenvalue weighted by molar-refractivity contribution is 5.97. The van der Waals surface area contributed by atoms with Crippen LogP contribution in [0.25, 0.3) is 0 Å². The number of hydrogen-bond donors (Lipinski definition) is 0. The number of nitrogens with zero attached hydrogens (tertiary/aromatic N) is 1. The van der Waals surface area contributed by atoms with Gasteiger partial charge < -0.3 is 4.74 Å². The first kappa shape index (κ1) is 7.99. The summed E-state index contributed by atoms with van der Waals surface area (Å²) in [5, 5.41) is 0. The summed E-state index contributed by atoms with van der Waals surface area (Å²) in [7, 11) is 0. The SMILES string of the molecule is CC1C=CC2=NCCOCC2C1. The molecule has 0 radical (unpaired) electrons. The van der Waals surface area contributed by atoms with Gasteiger partial charge in [0.15, 0.2) is 0 Å². The fraction of sp³-hybridized carbons (Fsp3) is 0.700. The fourth-order valence-corrected chi connectivity index (χ4v) is 1.85. The van der Waals surface area contributed by atoms with Gasteiger partial charge in [-0.3, -0.25) is 4.99 Å². The predicted octanol–water partition coefficient (Wildman–Crippen LogP) is 1.67. The van der Waals surface area contributed by atoms with E-state index in [1.165, 1.54) is 12.1 Å². The monoisotopic (exact) mass is 165 g/mol. The van der Waals surface area contributed by atoms with E-state index >= 15 is 0 Å². The van der Waals surface area contributed by atoms with E-state index in [0.29, 0.717) is 11.8 Å². The number of allylic oxidation sites excluding steroid dienone is 2. The van der Waals surface area contributed by atoms with Crippen LogP contribution >= 0.6 is 0 Å². The van der Waals surface area contributed by atoms with E-state index in [4.69, 9.17) is 4.74 Å². The second kappa shape index (κ2) is 3.40. The first-order valence-corrected chi connectivity index (χ1v) is 4.66. The molecule has 2 heteroatoms. The highest BCUT2D eigenvalue weighted by Crippen LogP contribution is 2.22. The molecule has 2 nitrogen and oxygen atoms in total. The van der Waals surface area contributed by atoms with Gasteiger partial charge in [-0.1, -0.05) is 13.0 Å². The van der Waals surface area contributed by atoms with Gasteiger partial charge in [-0.05, 0) is 18.4 Å². The zero-order valence-electron chi connectivity index (χ0n) is 7.49. The molecule has 0 aromatic carbocycles. The highest BCUT2D eigenvalue weighted by atomic mass is 16.5. The van der Waals surface area contributed by atoms with Crippen molar-refractivity contribution in [3.8, 4) is 0 Å². The fourth-order valence-electron chi connectivity index (χ4n) is 1.85. The maximum absolute atomic E-state index is 5.46. The van der Waals surface area contributed by atoms with Crippen molar-refractivity contribution in [2.45, 2.75) is 13.3 Å². The molecule has 0 bridgehead atoms. The van der Waals surface area contributed by atoms with Crippen LogP contribution in [0.1, 0.15) is 13.3 Å². The number of hydrogen-bond acceptors (Lipinski definition) is 2. The van der Waals surface area contributed by atoms with Gasteiger partial charge in [0.1, 0.15) is 0 Å². The van der Waals surface area contributed by atoms with Crippen LogP contribution in [-0.2, 0) is 4.74 Å². The Bertz CT molecular complexity index is 220. The number of ether oxygens (including phenoxy) is 1. The molecule has 66 valence electrons. The lowest BCUT2D eigenvalue weighted by atomic mass is 9.87. The van der Waals surface area contributed by atoms with Gasteiger partial charge in [-0.15, -0.1) is 0 Å². The van der Waals surface area contributed by atoms with Crippen molar-refractivity contribution in [2.75, 3.05) is 19.8 Å². The minimum atomic E-state index is 0.562. The van der Waals surface area contributed by atoms with Crippen LogP contribution in [0.5, 0.6) is 0 Å². The minimum absolute atomic E-state index is 0.562. The van der Waals surface area contributed by atoms with E-state index in [1.54, 1.807) is 0 Å². The van der Waals surface area contributed by atoms with Crippen LogP contribution in [0.3, 0.4) is 0 Å². The average Bonchev–Trinajstić information content (AvgIpc) is 2.28. The Morgan fingerprint density at radius 2 is 2.50 bits per heavy atom. The first-order chi connectivity index (χ1) is 5.86. The molecule has 0 saturated carbocycles. The van der Waals surface area contributed by atoms with E-state index < -0.39 is 0 Å². The molecule has 0 fully saturated rings. The van der Waals surface area contributed by atoms with Crippen molar-refractivity contribution >= 4 is 5.71 Å². The van der Waals surface area contributed by atoms with Crippen molar-refractivity contribution in [3.63, 3.8) is 0 Å². The van der Waals surface area contributed by atoms with E-state index in [9.17, 15) is 0 Å². The molecule has 0 aromatic heterocycles. The third-order valence-corrected chi connectivity index (χ3v) is 2.52. The van der Waals surface area contributed by atoms with Gasteiger partial charge in [0, 0.05) is 11.6 Å². The molecule has 1 aliphatic carbocycles. The average molecular weight is 165 g/mol. The van der Waals surface area contributed by atoms with E-state index in [1.807, 2.05) is 0 Å². The molecule has 0 N–H and O–H groups in total. The molecule has 2 rings (SSSR count). The molecule has 12 heavy (non-hydrogen) atoms. The smallest absolute Gasteiger partial charge is 0.0662 e. The molecule has 2 atom stereocenters. The molecular weight excluding hydrogens is 150 g/mol. The van der Waals surface area contributed by atoms with Gasteiger partial charge in [0.2, 0.25) is 0 Å². The quantitative estimate of drug-likeness (QED) is 0.535. The summed E-state index contributed by atoms with van der Waals surface area (Å²) in [5.41, 5.74) is 1.26. The summed E-state index contributed by atoms with van der Waals surface area (Å²) in [5.74, 6) is 1.25. The van der Waals surface area contributed by atoms with Crippen LogP contribution < -0.4 is 0 Å². The zero-order valence-corrected chi connectivity index (χ0v) is 7.49. The van der Waals surface area contributed by atoms with Crippen LogP contribution in [0, 0.1) is 11.8 Å². The van der Waals surface area contributed by atoms with Gasteiger partial charge in [0.05, 0.1) is 19.8 Å². The van der Waals surface area contributed by atoms with Crippen molar-refractivity contribution < 1.29 is 4.74 Å². The Hall–Kier alpha value is -0.630. The molecule has 0 saturated heterocycles.